The summed E-state index contributed by atoms with van der Waals surface area (Å²) in [7, 11) is 0. The Morgan fingerprint density at radius 1 is 1.25 bits per heavy atom. The molecule has 1 saturated heterocycles. The smallest absolute Gasteiger partial charge is 0.289 e. The van der Waals surface area contributed by atoms with E-state index < -0.39 is 0 Å². The molecule has 0 spiro atoms. The highest BCUT2D eigenvalue weighted by atomic mass is 16.2. The Bertz CT molecular complexity index is 183. The Hall–Kier alpha value is -0.860. The Labute approximate surface area is 72.7 Å². The normalized spacial score (nSPS) is 16.6. The van der Waals surface area contributed by atoms with Gasteiger partial charge in [-0.2, -0.15) is 0 Å². The van der Waals surface area contributed by atoms with Crippen LogP contribution in [0.1, 0.15) is 32.6 Å². The van der Waals surface area contributed by atoms with Gasteiger partial charge in [0.15, 0.2) is 0 Å². The van der Waals surface area contributed by atoms with Crippen LogP contribution in [-0.4, -0.2) is 29.7 Å². The Morgan fingerprint density at radius 2 is 1.83 bits per heavy atom. The van der Waals surface area contributed by atoms with Crippen LogP contribution in [0.2, 0.25) is 0 Å². The number of carbonyl (C=O) groups excluding carboxylic acids is 2. The van der Waals surface area contributed by atoms with Crippen molar-refractivity contribution in [3.63, 3.8) is 0 Å². The molecular weight excluding hydrogens is 154 g/mol. The number of hydrogen-bond donors (Lipinski definition) is 0. The molecule has 0 aliphatic carbocycles. The van der Waals surface area contributed by atoms with Gasteiger partial charge in [-0.05, 0) is 19.3 Å². The summed E-state index contributed by atoms with van der Waals surface area (Å²) in [5.74, 6) is -0.492. The fourth-order valence-corrected chi connectivity index (χ4v) is 1.43. The number of ketones is 1. The highest BCUT2D eigenvalue weighted by molar-refractivity contribution is 6.36. The van der Waals surface area contributed by atoms with Crippen molar-refractivity contribution in [1.29, 1.82) is 0 Å². The molecule has 0 aromatic rings. The molecule has 1 rings (SSSR count). The molecule has 0 N–H and O–H groups in total. The van der Waals surface area contributed by atoms with E-state index in [0.717, 1.165) is 32.4 Å². The molecular formula is C9H15NO2. The summed E-state index contributed by atoms with van der Waals surface area (Å²) in [5, 5.41) is 0. The van der Waals surface area contributed by atoms with Gasteiger partial charge in [0.05, 0.1) is 0 Å². The second-order valence-corrected chi connectivity index (χ2v) is 3.17. The number of Topliss-reactive ketones (excluding diaryl/α,β-unsaturated/α-hetero) is 1. The fraction of sp³-hybridized carbons (Fsp3) is 0.778. The lowest BCUT2D eigenvalue weighted by atomic mass is 10.2. The second kappa shape index (κ2) is 4.24. The van der Waals surface area contributed by atoms with Crippen molar-refractivity contribution in [3.05, 3.63) is 0 Å². The lowest BCUT2D eigenvalue weighted by Crippen LogP contribution is -2.33. The Morgan fingerprint density at radius 3 is 2.33 bits per heavy atom. The van der Waals surface area contributed by atoms with Crippen LogP contribution in [0.25, 0.3) is 0 Å². The van der Waals surface area contributed by atoms with Crippen molar-refractivity contribution >= 4 is 11.7 Å². The Balaban J connectivity index is 2.40. The summed E-state index contributed by atoms with van der Waals surface area (Å²) in [4.78, 5) is 24.1. The average molecular weight is 169 g/mol. The minimum atomic E-state index is -0.269. The van der Waals surface area contributed by atoms with Crippen LogP contribution in [0.5, 0.6) is 0 Å². The predicted octanol–water partition coefficient (Wildman–Crippen LogP) is 0.978. The van der Waals surface area contributed by atoms with Crippen molar-refractivity contribution < 1.29 is 9.59 Å². The molecule has 12 heavy (non-hydrogen) atoms. The maximum Gasteiger partial charge on any atom is 0.289 e. The van der Waals surface area contributed by atoms with E-state index in [-0.39, 0.29) is 11.7 Å². The van der Waals surface area contributed by atoms with E-state index in [4.69, 9.17) is 0 Å². The molecule has 0 saturated carbocycles. The van der Waals surface area contributed by atoms with E-state index in [1.165, 1.54) is 0 Å². The van der Waals surface area contributed by atoms with Crippen LogP contribution in [0, 0.1) is 0 Å². The van der Waals surface area contributed by atoms with Crippen LogP contribution in [0.4, 0.5) is 0 Å². The topological polar surface area (TPSA) is 37.4 Å². The standard InChI is InChI=1S/C9H15NO2/c1-2-5-8(11)9(12)10-6-3-4-7-10/h2-7H2,1H3. The van der Waals surface area contributed by atoms with Gasteiger partial charge in [0.2, 0.25) is 5.78 Å². The van der Waals surface area contributed by atoms with E-state index >= 15 is 0 Å². The van der Waals surface area contributed by atoms with Crippen LogP contribution in [0.3, 0.4) is 0 Å². The molecule has 0 unspecified atom stereocenters. The zero-order valence-corrected chi connectivity index (χ0v) is 7.51. The number of amides is 1. The lowest BCUT2D eigenvalue weighted by Gasteiger charge is -2.13. The van der Waals surface area contributed by atoms with E-state index in [1.807, 2.05) is 6.92 Å². The quantitative estimate of drug-likeness (QED) is 0.590. The van der Waals surface area contributed by atoms with Gasteiger partial charge in [-0.15, -0.1) is 0 Å². The van der Waals surface area contributed by atoms with Crippen LogP contribution in [-0.2, 0) is 9.59 Å². The lowest BCUT2D eigenvalue weighted by molar-refractivity contribution is -0.143. The van der Waals surface area contributed by atoms with Gasteiger partial charge in [-0.3, -0.25) is 9.59 Å². The van der Waals surface area contributed by atoms with Gasteiger partial charge >= 0.3 is 0 Å². The van der Waals surface area contributed by atoms with Gasteiger partial charge in [-0.25, -0.2) is 0 Å². The third-order valence-electron chi connectivity index (χ3n) is 2.11. The third kappa shape index (κ3) is 2.06. The zero-order chi connectivity index (χ0) is 8.97. The van der Waals surface area contributed by atoms with Gasteiger partial charge in [0.25, 0.3) is 5.91 Å². The molecule has 0 bridgehead atoms. The summed E-state index contributed by atoms with van der Waals surface area (Å²) < 4.78 is 0. The first-order valence-corrected chi connectivity index (χ1v) is 4.57. The van der Waals surface area contributed by atoms with Crippen molar-refractivity contribution in [1.82, 2.24) is 4.90 Å². The van der Waals surface area contributed by atoms with E-state index in [1.54, 1.807) is 4.90 Å². The van der Waals surface area contributed by atoms with Crippen molar-refractivity contribution in [2.24, 2.45) is 0 Å². The van der Waals surface area contributed by atoms with Crippen LogP contribution >= 0.6 is 0 Å². The highest BCUT2D eigenvalue weighted by Crippen LogP contribution is 2.08. The first-order valence-electron chi connectivity index (χ1n) is 4.57. The maximum atomic E-state index is 11.3. The molecule has 1 amide bonds. The minimum absolute atomic E-state index is 0.223. The van der Waals surface area contributed by atoms with Crippen LogP contribution in [0.15, 0.2) is 0 Å². The van der Waals surface area contributed by atoms with Crippen LogP contribution < -0.4 is 0 Å². The van der Waals surface area contributed by atoms with Crippen molar-refractivity contribution in [2.45, 2.75) is 32.6 Å². The van der Waals surface area contributed by atoms with Gasteiger partial charge < -0.3 is 4.90 Å². The maximum absolute atomic E-state index is 11.3. The molecule has 0 radical (unpaired) electrons. The number of likely N-dealkylation sites (tertiary alicyclic amines) is 1. The molecule has 1 heterocycles. The van der Waals surface area contributed by atoms with Gasteiger partial charge in [-0.1, -0.05) is 6.92 Å². The van der Waals surface area contributed by atoms with E-state index in [2.05, 4.69) is 0 Å². The number of nitrogens with zero attached hydrogens (tertiary/aromatic N) is 1. The molecule has 1 fully saturated rings. The number of rotatable bonds is 3. The summed E-state index contributed by atoms with van der Waals surface area (Å²) in [6.45, 7) is 3.46. The SMILES string of the molecule is CCCC(=O)C(=O)N1CCCC1. The zero-order valence-electron chi connectivity index (χ0n) is 7.51. The molecule has 1 aliphatic heterocycles. The average Bonchev–Trinajstić information content (AvgIpc) is 2.55. The fourth-order valence-electron chi connectivity index (χ4n) is 1.43. The molecule has 3 nitrogen and oxygen atoms in total. The predicted molar refractivity (Wildman–Crippen MR) is 45.7 cm³/mol. The van der Waals surface area contributed by atoms with Gasteiger partial charge in [0, 0.05) is 19.5 Å². The number of carbonyl (C=O) groups is 2. The van der Waals surface area contributed by atoms with Crippen molar-refractivity contribution in [3.8, 4) is 0 Å². The first-order chi connectivity index (χ1) is 5.75. The van der Waals surface area contributed by atoms with Gasteiger partial charge in [0.1, 0.15) is 0 Å². The summed E-state index contributed by atoms with van der Waals surface area (Å²) in [6.07, 6.45) is 3.25. The molecule has 3 heteroatoms. The minimum Gasteiger partial charge on any atom is -0.336 e. The number of hydrogen-bond acceptors (Lipinski definition) is 2. The molecule has 0 aromatic heterocycles. The molecule has 0 aromatic carbocycles. The second-order valence-electron chi connectivity index (χ2n) is 3.17. The van der Waals surface area contributed by atoms with Crippen molar-refractivity contribution in [2.75, 3.05) is 13.1 Å². The summed E-state index contributed by atoms with van der Waals surface area (Å²) in [6, 6.07) is 0. The first kappa shape index (κ1) is 9.23. The molecule has 68 valence electrons. The summed E-state index contributed by atoms with van der Waals surface area (Å²) in [5.41, 5.74) is 0. The molecule has 0 atom stereocenters. The highest BCUT2D eigenvalue weighted by Gasteiger charge is 2.22. The van der Waals surface area contributed by atoms with E-state index in [0.29, 0.717) is 6.42 Å². The Kier molecular flexibility index (Phi) is 3.26. The molecule has 1 aliphatic rings. The summed E-state index contributed by atoms with van der Waals surface area (Å²) >= 11 is 0. The van der Waals surface area contributed by atoms with E-state index in [9.17, 15) is 9.59 Å². The largest absolute Gasteiger partial charge is 0.336 e. The third-order valence-corrected chi connectivity index (χ3v) is 2.11. The monoisotopic (exact) mass is 169 g/mol.